The average Bonchev–Trinajstić information content (AvgIpc) is 3.27. The topological polar surface area (TPSA) is 114 Å². The van der Waals surface area contributed by atoms with Gasteiger partial charge in [0.25, 0.3) is 10.0 Å². The molecule has 10 heteroatoms. The van der Waals surface area contributed by atoms with E-state index in [0.29, 0.717) is 35.2 Å². The molecule has 2 amide bonds. The molecule has 0 unspecified atom stereocenters. The Morgan fingerprint density at radius 1 is 1.06 bits per heavy atom. The number of nitrogens with zero attached hydrogens (tertiary/aromatic N) is 1. The summed E-state index contributed by atoms with van der Waals surface area (Å²) in [6, 6.07) is 19.7. The second-order valence-corrected chi connectivity index (χ2v) is 9.84. The van der Waals surface area contributed by atoms with E-state index in [4.69, 9.17) is 9.47 Å². The minimum atomic E-state index is -3.94. The molecule has 0 aliphatic carbocycles. The minimum absolute atomic E-state index is 0.0234. The van der Waals surface area contributed by atoms with E-state index in [9.17, 15) is 18.0 Å². The fraction of sp³-hybridized carbons (Fsp3) is 0.231. The Hall–Kier alpha value is -4.05. The Morgan fingerprint density at radius 3 is 2.53 bits per heavy atom. The second kappa shape index (κ2) is 10.7. The molecule has 0 bridgehead atoms. The summed E-state index contributed by atoms with van der Waals surface area (Å²) in [5.41, 5.74) is 1.30. The number of carbonyl (C=O) groups excluding carboxylic acids is 2. The van der Waals surface area contributed by atoms with Crippen LogP contribution in [0.15, 0.2) is 77.7 Å². The van der Waals surface area contributed by atoms with Gasteiger partial charge in [0, 0.05) is 24.3 Å². The van der Waals surface area contributed by atoms with Gasteiger partial charge in [0.2, 0.25) is 11.8 Å². The lowest BCUT2D eigenvalue weighted by molar-refractivity contribution is -0.122. The summed E-state index contributed by atoms with van der Waals surface area (Å²) in [5.74, 6) is 0.00226. The van der Waals surface area contributed by atoms with Gasteiger partial charge >= 0.3 is 0 Å². The fourth-order valence-electron chi connectivity index (χ4n) is 3.94. The highest BCUT2D eigenvalue weighted by Crippen LogP contribution is 2.29. The molecule has 36 heavy (non-hydrogen) atoms. The first-order chi connectivity index (χ1) is 17.3. The normalized spacial score (nSPS) is 15.4. The lowest BCUT2D eigenvalue weighted by atomic mass is 10.1. The van der Waals surface area contributed by atoms with Gasteiger partial charge in [0.05, 0.1) is 30.2 Å². The Kier molecular flexibility index (Phi) is 7.44. The zero-order valence-corrected chi connectivity index (χ0v) is 20.7. The van der Waals surface area contributed by atoms with Crippen LogP contribution in [0.2, 0.25) is 0 Å². The first-order valence-electron chi connectivity index (χ1n) is 11.4. The highest BCUT2D eigenvalue weighted by Gasteiger charge is 2.35. The molecule has 1 saturated heterocycles. The standard InChI is InChI=1S/C26H27N3O6S/c1-3-35-21-13-11-20(12-14-21)29-17-18(15-25(29)30)26(31)27-19-7-6-8-22(16-19)36(32,33)28-23-9-4-5-10-24(23)34-2/h4-14,16,18,28H,3,15,17H2,1-2H3,(H,27,31)/t18-/m0/s1. The van der Waals surface area contributed by atoms with Gasteiger partial charge in [0.1, 0.15) is 11.5 Å². The second-order valence-electron chi connectivity index (χ2n) is 8.16. The molecular weight excluding hydrogens is 482 g/mol. The average molecular weight is 510 g/mol. The number of carbonyl (C=O) groups is 2. The molecule has 1 aliphatic heterocycles. The molecule has 0 saturated carbocycles. The van der Waals surface area contributed by atoms with E-state index in [-0.39, 0.29) is 29.7 Å². The monoisotopic (exact) mass is 509 g/mol. The summed E-state index contributed by atoms with van der Waals surface area (Å²) < 4.78 is 39.0. The number of nitrogens with one attached hydrogen (secondary N) is 2. The summed E-state index contributed by atoms with van der Waals surface area (Å²) in [4.78, 5) is 27.0. The van der Waals surface area contributed by atoms with Crippen molar-refractivity contribution in [3.05, 3.63) is 72.8 Å². The zero-order valence-electron chi connectivity index (χ0n) is 19.9. The van der Waals surface area contributed by atoms with Gasteiger partial charge in [-0.15, -0.1) is 0 Å². The van der Waals surface area contributed by atoms with Gasteiger partial charge in [-0.2, -0.15) is 0 Å². The molecule has 0 spiro atoms. The van der Waals surface area contributed by atoms with Crippen LogP contribution in [0.3, 0.4) is 0 Å². The van der Waals surface area contributed by atoms with Crippen molar-refractivity contribution in [1.29, 1.82) is 0 Å². The third-order valence-electron chi connectivity index (χ3n) is 5.72. The molecule has 1 heterocycles. The summed E-state index contributed by atoms with van der Waals surface area (Å²) in [5, 5.41) is 2.75. The van der Waals surface area contributed by atoms with Gasteiger partial charge in [-0.25, -0.2) is 8.42 Å². The molecule has 188 valence electrons. The summed E-state index contributed by atoms with van der Waals surface area (Å²) in [6.45, 7) is 2.67. The summed E-state index contributed by atoms with van der Waals surface area (Å²) in [6.07, 6.45) is 0.0619. The van der Waals surface area contributed by atoms with E-state index < -0.39 is 15.9 Å². The van der Waals surface area contributed by atoms with Crippen molar-refractivity contribution in [3.8, 4) is 11.5 Å². The number of hydrogen-bond donors (Lipinski definition) is 2. The number of methoxy groups -OCH3 is 1. The van der Waals surface area contributed by atoms with E-state index in [0.717, 1.165) is 0 Å². The molecule has 1 fully saturated rings. The van der Waals surface area contributed by atoms with Crippen LogP contribution in [0.25, 0.3) is 0 Å². The Morgan fingerprint density at radius 2 is 1.81 bits per heavy atom. The van der Waals surface area contributed by atoms with Crippen LogP contribution in [-0.4, -0.2) is 40.5 Å². The molecule has 3 aromatic carbocycles. The molecule has 1 atom stereocenters. The fourth-order valence-corrected chi connectivity index (χ4v) is 5.06. The first-order valence-corrected chi connectivity index (χ1v) is 12.9. The van der Waals surface area contributed by atoms with Crippen molar-refractivity contribution in [2.75, 3.05) is 35.2 Å². The number of anilines is 3. The van der Waals surface area contributed by atoms with Crippen LogP contribution in [-0.2, 0) is 19.6 Å². The van der Waals surface area contributed by atoms with Crippen molar-refractivity contribution in [2.45, 2.75) is 18.2 Å². The molecular formula is C26H27N3O6S. The lowest BCUT2D eigenvalue weighted by Gasteiger charge is -2.17. The maximum Gasteiger partial charge on any atom is 0.262 e. The largest absolute Gasteiger partial charge is 0.495 e. The summed E-state index contributed by atoms with van der Waals surface area (Å²) >= 11 is 0. The number of rotatable bonds is 9. The highest BCUT2D eigenvalue weighted by molar-refractivity contribution is 7.92. The molecule has 1 aliphatic rings. The number of hydrogen-bond acceptors (Lipinski definition) is 6. The molecule has 9 nitrogen and oxygen atoms in total. The highest BCUT2D eigenvalue weighted by atomic mass is 32.2. The maximum atomic E-state index is 12.9. The third-order valence-corrected chi connectivity index (χ3v) is 7.08. The SMILES string of the molecule is CCOc1ccc(N2C[C@@H](C(=O)Nc3cccc(S(=O)(=O)Nc4ccccc4OC)c3)CC2=O)cc1. The summed E-state index contributed by atoms with van der Waals surface area (Å²) in [7, 11) is -2.49. The third kappa shape index (κ3) is 5.60. The molecule has 4 rings (SSSR count). The van der Waals surface area contributed by atoms with Crippen LogP contribution >= 0.6 is 0 Å². The van der Waals surface area contributed by atoms with E-state index in [1.165, 1.54) is 19.2 Å². The Bertz CT molecular complexity index is 1360. The molecule has 0 radical (unpaired) electrons. The van der Waals surface area contributed by atoms with Crippen LogP contribution in [0.1, 0.15) is 13.3 Å². The predicted octanol–water partition coefficient (Wildman–Crippen LogP) is 3.89. The maximum absolute atomic E-state index is 12.9. The van der Waals surface area contributed by atoms with Gasteiger partial charge < -0.3 is 19.7 Å². The van der Waals surface area contributed by atoms with Crippen molar-refractivity contribution in [2.24, 2.45) is 5.92 Å². The van der Waals surface area contributed by atoms with E-state index >= 15 is 0 Å². The first kappa shape index (κ1) is 25.1. The van der Waals surface area contributed by atoms with Gasteiger partial charge in [0.15, 0.2) is 0 Å². The number of ether oxygens (including phenoxy) is 2. The molecule has 2 N–H and O–H groups in total. The lowest BCUT2D eigenvalue weighted by Crippen LogP contribution is -2.28. The van der Waals surface area contributed by atoms with Crippen molar-refractivity contribution in [1.82, 2.24) is 0 Å². The van der Waals surface area contributed by atoms with Gasteiger partial charge in [-0.3, -0.25) is 14.3 Å². The van der Waals surface area contributed by atoms with Gasteiger partial charge in [-0.1, -0.05) is 18.2 Å². The smallest absolute Gasteiger partial charge is 0.262 e. The number of benzene rings is 3. The predicted molar refractivity (Wildman–Crippen MR) is 137 cm³/mol. The van der Waals surface area contributed by atoms with Crippen molar-refractivity contribution in [3.63, 3.8) is 0 Å². The van der Waals surface area contributed by atoms with Gasteiger partial charge in [-0.05, 0) is 61.5 Å². The van der Waals surface area contributed by atoms with E-state index in [1.54, 1.807) is 65.6 Å². The van der Waals surface area contributed by atoms with Crippen molar-refractivity contribution >= 4 is 38.9 Å². The van der Waals surface area contributed by atoms with E-state index in [2.05, 4.69) is 10.0 Å². The van der Waals surface area contributed by atoms with Crippen LogP contribution in [0.4, 0.5) is 17.1 Å². The Balaban J connectivity index is 1.44. The van der Waals surface area contributed by atoms with Crippen LogP contribution in [0.5, 0.6) is 11.5 Å². The molecule has 3 aromatic rings. The molecule has 0 aromatic heterocycles. The number of amides is 2. The quantitative estimate of drug-likeness (QED) is 0.452. The minimum Gasteiger partial charge on any atom is -0.495 e. The Labute approximate surface area is 210 Å². The van der Waals surface area contributed by atoms with Crippen LogP contribution < -0.4 is 24.4 Å². The number of para-hydroxylation sites is 2. The van der Waals surface area contributed by atoms with E-state index in [1.807, 2.05) is 6.92 Å². The van der Waals surface area contributed by atoms with Crippen molar-refractivity contribution < 1.29 is 27.5 Å². The van der Waals surface area contributed by atoms with Crippen LogP contribution in [0, 0.1) is 5.92 Å². The number of sulfonamides is 1. The zero-order chi connectivity index (χ0) is 25.7.